The van der Waals surface area contributed by atoms with Crippen LogP contribution in [-0.4, -0.2) is 36.8 Å². The van der Waals surface area contributed by atoms with Crippen molar-refractivity contribution in [2.75, 3.05) is 13.7 Å². The van der Waals surface area contributed by atoms with E-state index < -0.39 is 0 Å². The number of aldehydes is 1. The maximum absolute atomic E-state index is 11.9. The zero-order valence-electron chi connectivity index (χ0n) is 10.4. The van der Waals surface area contributed by atoms with Crippen LogP contribution >= 0.6 is 31.9 Å². The second-order valence-corrected chi connectivity index (χ2v) is 6.16. The van der Waals surface area contributed by atoms with Gasteiger partial charge < -0.3 is 9.64 Å². The predicted molar refractivity (Wildman–Crippen MR) is 78.5 cm³/mol. The SMILES string of the molecule is CN(C(=O)COc1c(Br)cc(C=O)cc1Br)C1CC1. The molecule has 0 N–H and O–H groups in total. The minimum Gasteiger partial charge on any atom is -0.481 e. The van der Waals surface area contributed by atoms with Gasteiger partial charge in [-0.2, -0.15) is 0 Å². The quantitative estimate of drug-likeness (QED) is 0.726. The minimum absolute atomic E-state index is 0.00929. The minimum atomic E-state index is -0.0410. The van der Waals surface area contributed by atoms with Crippen molar-refractivity contribution in [3.05, 3.63) is 26.6 Å². The van der Waals surface area contributed by atoms with Gasteiger partial charge in [0.25, 0.3) is 5.91 Å². The largest absolute Gasteiger partial charge is 0.481 e. The summed E-state index contributed by atoms with van der Waals surface area (Å²) in [6, 6.07) is 3.69. The highest BCUT2D eigenvalue weighted by Crippen LogP contribution is 2.34. The average Bonchev–Trinajstić information content (AvgIpc) is 3.20. The number of carbonyl (C=O) groups excluding carboxylic acids is 2. The van der Waals surface area contributed by atoms with Gasteiger partial charge in [-0.1, -0.05) is 0 Å². The Morgan fingerprint density at radius 3 is 2.47 bits per heavy atom. The lowest BCUT2D eigenvalue weighted by atomic mass is 10.2. The van der Waals surface area contributed by atoms with Gasteiger partial charge in [-0.05, 0) is 56.8 Å². The summed E-state index contributed by atoms with van der Waals surface area (Å²) < 4.78 is 6.82. The molecule has 1 saturated carbocycles. The summed E-state index contributed by atoms with van der Waals surface area (Å²) in [5.74, 6) is 0.490. The smallest absolute Gasteiger partial charge is 0.260 e. The lowest BCUT2D eigenvalue weighted by Gasteiger charge is -2.17. The number of hydrogen-bond donors (Lipinski definition) is 0. The first-order chi connectivity index (χ1) is 9.02. The van der Waals surface area contributed by atoms with Crippen LogP contribution in [0.15, 0.2) is 21.1 Å². The summed E-state index contributed by atoms with van der Waals surface area (Å²) in [4.78, 5) is 24.3. The highest BCUT2D eigenvalue weighted by Gasteiger charge is 2.29. The number of likely N-dealkylation sites (N-methyl/N-ethyl adjacent to an activating group) is 1. The fourth-order valence-corrected chi connectivity index (χ4v) is 3.14. The highest BCUT2D eigenvalue weighted by molar-refractivity contribution is 9.11. The molecule has 0 bridgehead atoms. The molecule has 1 amide bonds. The highest BCUT2D eigenvalue weighted by atomic mass is 79.9. The van der Waals surface area contributed by atoms with Crippen LogP contribution in [0.2, 0.25) is 0 Å². The van der Waals surface area contributed by atoms with Crippen LogP contribution in [-0.2, 0) is 4.79 Å². The number of amides is 1. The first kappa shape index (κ1) is 14.5. The van der Waals surface area contributed by atoms with Crippen molar-refractivity contribution in [1.82, 2.24) is 4.90 Å². The molecule has 0 radical (unpaired) electrons. The predicted octanol–water partition coefficient (Wildman–Crippen LogP) is 3.02. The Hall–Kier alpha value is -0.880. The van der Waals surface area contributed by atoms with Gasteiger partial charge in [0.1, 0.15) is 12.0 Å². The molecule has 0 spiro atoms. The van der Waals surface area contributed by atoms with E-state index in [1.807, 2.05) is 0 Å². The molecular formula is C13H13Br2NO3. The number of ether oxygens (including phenoxy) is 1. The van der Waals surface area contributed by atoms with Crippen molar-refractivity contribution < 1.29 is 14.3 Å². The van der Waals surface area contributed by atoms with Crippen LogP contribution < -0.4 is 4.74 Å². The number of benzene rings is 1. The standard InChI is InChI=1S/C13H13Br2NO3/c1-16(9-2-3-9)12(18)7-19-13-10(14)4-8(6-17)5-11(13)15/h4-6,9H,2-3,7H2,1H3. The van der Waals surface area contributed by atoms with Gasteiger partial charge in [0.2, 0.25) is 0 Å². The summed E-state index contributed by atoms with van der Waals surface area (Å²) in [6.07, 6.45) is 2.90. The molecule has 0 saturated heterocycles. The molecule has 4 nitrogen and oxygen atoms in total. The van der Waals surface area contributed by atoms with Crippen LogP contribution in [0.3, 0.4) is 0 Å². The van der Waals surface area contributed by atoms with Crippen LogP contribution in [0.4, 0.5) is 0 Å². The fraction of sp³-hybridized carbons (Fsp3) is 0.385. The van der Waals surface area contributed by atoms with E-state index in [4.69, 9.17) is 4.74 Å². The number of nitrogens with zero attached hydrogens (tertiary/aromatic N) is 1. The van der Waals surface area contributed by atoms with Gasteiger partial charge in [-0.15, -0.1) is 0 Å². The molecule has 0 aromatic heterocycles. The molecular weight excluding hydrogens is 378 g/mol. The fourth-order valence-electron chi connectivity index (χ4n) is 1.69. The van der Waals surface area contributed by atoms with Crippen LogP contribution in [0.25, 0.3) is 0 Å². The Bertz CT molecular complexity index is 492. The normalized spacial score (nSPS) is 14.1. The van der Waals surface area contributed by atoms with Crippen molar-refractivity contribution in [1.29, 1.82) is 0 Å². The van der Waals surface area contributed by atoms with E-state index >= 15 is 0 Å². The molecule has 102 valence electrons. The van der Waals surface area contributed by atoms with Gasteiger partial charge in [-0.3, -0.25) is 9.59 Å². The molecule has 0 unspecified atom stereocenters. The second kappa shape index (κ2) is 6.05. The van der Waals surface area contributed by atoms with Crippen molar-refractivity contribution in [3.8, 4) is 5.75 Å². The van der Waals surface area contributed by atoms with Crippen molar-refractivity contribution in [2.24, 2.45) is 0 Å². The summed E-state index contributed by atoms with van der Waals surface area (Å²) in [7, 11) is 1.79. The molecule has 1 aliphatic carbocycles. The van der Waals surface area contributed by atoms with Gasteiger partial charge in [-0.25, -0.2) is 0 Å². The first-order valence-electron chi connectivity index (χ1n) is 5.85. The van der Waals surface area contributed by atoms with E-state index in [2.05, 4.69) is 31.9 Å². The van der Waals surface area contributed by atoms with E-state index in [1.165, 1.54) is 0 Å². The number of carbonyl (C=O) groups is 2. The third-order valence-corrected chi connectivity index (χ3v) is 4.16. The maximum Gasteiger partial charge on any atom is 0.260 e. The molecule has 0 heterocycles. The van der Waals surface area contributed by atoms with E-state index in [9.17, 15) is 9.59 Å². The van der Waals surface area contributed by atoms with Gasteiger partial charge >= 0.3 is 0 Å². The Morgan fingerprint density at radius 1 is 1.42 bits per heavy atom. The Labute approximate surface area is 128 Å². The lowest BCUT2D eigenvalue weighted by Crippen LogP contribution is -2.33. The van der Waals surface area contributed by atoms with Crippen molar-refractivity contribution in [2.45, 2.75) is 18.9 Å². The zero-order chi connectivity index (χ0) is 14.0. The molecule has 1 fully saturated rings. The Kier molecular flexibility index (Phi) is 4.62. The van der Waals surface area contributed by atoms with E-state index in [1.54, 1.807) is 24.1 Å². The first-order valence-corrected chi connectivity index (χ1v) is 7.44. The Morgan fingerprint density at radius 2 is 2.00 bits per heavy atom. The number of hydrogen-bond acceptors (Lipinski definition) is 3. The molecule has 6 heteroatoms. The van der Waals surface area contributed by atoms with Gasteiger partial charge in [0, 0.05) is 18.7 Å². The Balaban J connectivity index is 2.02. The lowest BCUT2D eigenvalue weighted by molar-refractivity contribution is -0.132. The van der Waals surface area contributed by atoms with Gasteiger partial charge in [0.15, 0.2) is 6.61 Å². The van der Waals surface area contributed by atoms with Crippen LogP contribution in [0, 0.1) is 0 Å². The third-order valence-electron chi connectivity index (χ3n) is 2.98. The van der Waals surface area contributed by atoms with E-state index in [0.717, 1.165) is 19.1 Å². The molecule has 1 aliphatic rings. The summed E-state index contributed by atoms with van der Waals surface area (Å²) >= 11 is 6.66. The second-order valence-electron chi connectivity index (χ2n) is 4.46. The zero-order valence-corrected chi connectivity index (χ0v) is 13.5. The molecule has 1 aromatic carbocycles. The maximum atomic E-state index is 11.9. The van der Waals surface area contributed by atoms with Crippen molar-refractivity contribution >= 4 is 44.1 Å². The summed E-state index contributed by atoms with van der Waals surface area (Å²) in [5.41, 5.74) is 0.535. The van der Waals surface area contributed by atoms with Crippen molar-refractivity contribution in [3.63, 3.8) is 0 Å². The average molecular weight is 391 g/mol. The van der Waals surface area contributed by atoms with Crippen LogP contribution in [0.5, 0.6) is 5.75 Å². The van der Waals surface area contributed by atoms with E-state index in [-0.39, 0.29) is 12.5 Å². The molecule has 0 atom stereocenters. The molecule has 2 rings (SSSR count). The molecule has 1 aromatic rings. The molecule has 19 heavy (non-hydrogen) atoms. The third kappa shape index (κ3) is 3.57. The topological polar surface area (TPSA) is 46.6 Å². The van der Waals surface area contributed by atoms with E-state index in [0.29, 0.717) is 26.3 Å². The van der Waals surface area contributed by atoms with Gasteiger partial charge in [0.05, 0.1) is 8.95 Å². The number of rotatable bonds is 5. The molecule has 0 aliphatic heterocycles. The van der Waals surface area contributed by atoms with Crippen LogP contribution in [0.1, 0.15) is 23.2 Å². The number of halogens is 2. The monoisotopic (exact) mass is 389 g/mol. The summed E-state index contributed by atoms with van der Waals surface area (Å²) in [6.45, 7) is -0.00929. The summed E-state index contributed by atoms with van der Waals surface area (Å²) in [5, 5.41) is 0.